The first-order valence-electron chi connectivity index (χ1n) is 7.18. The molecule has 0 saturated carbocycles. The van der Waals surface area contributed by atoms with Crippen LogP contribution in [-0.2, 0) is 6.54 Å². The maximum Gasteiger partial charge on any atom is 0.358 e. The molecule has 1 aromatic heterocycles. The molecule has 3 rings (SSSR count). The molecule has 3 aromatic rings. The summed E-state index contributed by atoms with van der Waals surface area (Å²) in [6.07, 6.45) is 3.59. The molecule has 1 N–H and O–H groups in total. The Hall–Kier alpha value is -3.21. The number of rotatable bonds is 5. The van der Waals surface area contributed by atoms with Crippen LogP contribution in [0.15, 0.2) is 60.7 Å². The molecule has 114 valence electrons. The Bertz CT molecular complexity index is 824. The fourth-order valence-corrected chi connectivity index (χ4v) is 2.25. The van der Waals surface area contributed by atoms with E-state index >= 15 is 0 Å². The predicted molar refractivity (Wildman–Crippen MR) is 87.9 cm³/mol. The van der Waals surface area contributed by atoms with Crippen LogP contribution in [0.1, 0.15) is 27.3 Å². The van der Waals surface area contributed by atoms with E-state index in [1.54, 1.807) is 10.8 Å². The average molecular weight is 305 g/mol. The van der Waals surface area contributed by atoms with Gasteiger partial charge in [0.05, 0.1) is 12.2 Å². The Morgan fingerprint density at radius 3 is 2.30 bits per heavy atom. The molecule has 0 amide bonds. The number of nitrogens with zero attached hydrogens (tertiary/aromatic N) is 3. The fourth-order valence-electron chi connectivity index (χ4n) is 2.25. The van der Waals surface area contributed by atoms with Crippen LogP contribution in [0.25, 0.3) is 12.2 Å². The van der Waals surface area contributed by atoms with Crippen LogP contribution in [0, 0.1) is 0 Å². The van der Waals surface area contributed by atoms with Crippen LogP contribution in [-0.4, -0.2) is 26.1 Å². The zero-order valence-corrected chi connectivity index (χ0v) is 12.3. The van der Waals surface area contributed by atoms with Gasteiger partial charge in [0.2, 0.25) is 0 Å². The lowest BCUT2D eigenvalue weighted by molar-refractivity contribution is 0.0690. The van der Waals surface area contributed by atoms with Crippen LogP contribution in [0.2, 0.25) is 0 Å². The summed E-state index contributed by atoms with van der Waals surface area (Å²) in [6.45, 7) is 0.468. The summed E-state index contributed by atoms with van der Waals surface area (Å²) in [5.41, 5.74) is 2.44. The third-order valence-corrected chi connectivity index (χ3v) is 3.38. The van der Waals surface area contributed by atoms with Crippen LogP contribution in [0.4, 0.5) is 0 Å². The van der Waals surface area contributed by atoms with Gasteiger partial charge >= 0.3 is 5.97 Å². The molecule has 0 atom stereocenters. The minimum Gasteiger partial charge on any atom is -0.476 e. The van der Waals surface area contributed by atoms with Gasteiger partial charge in [-0.05, 0) is 17.2 Å². The second-order valence-corrected chi connectivity index (χ2v) is 5.02. The van der Waals surface area contributed by atoms with Gasteiger partial charge in [-0.15, -0.1) is 5.10 Å². The topological polar surface area (TPSA) is 68.0 Å². The Kier molecular flexibility index (Phi) is 4.29. The van der Waals surface area contributed by atoms with E-state index in [2.05, 4.69) is 10.3 Å². The molecule has 0 saturated heterocycles. The van der Waals surface area contributed by atoms with Gasteiger partial charge in [0, 0.05) is 0 Å². The molecule has 0 aliphatic heterocycles. The monoisotopic (exact) mass is 305 g/mol. The van der Waals surface area contributed by atoms with Crippen molar-refractivity contribution in [3.8, 4) is 0 Å². The second kappa shape index (κ2) is 6.70. The Morgan fingerprint density at radius 2 is 1.65 bits per heavy atom. The smallest absolute Gasteiger partial charge is 0.358 e. The largest absolute Gasteiger partial charge is 0.476 e. The minimum absolute atomic E-state index is 0.0480. The average Bonchev–Trinajstić information content (AvgIpc) is 2.98. The zero-order chi connectivity index (χ0) is 16.1. The van der Waals surface area contributed by atoms with E-state index in [0.29, 0.717) is 12.2 Å². The first-order chi connectivity index (χ1) is 11.2. The highest BCUT2D eigenvalue weighted by Crippen LogP contribution is 2.13. The van der Waals surface area contributed by atoms with Crippen LogP contribution >= 0.6 is 0 Å². The molecule has 1 heterocycles. The van der Waals surface area contributed by atoms with Crippen molar-refractivity contribution in [3.05, 3.63) is 83.2 Å². The lowest BCUT2D eigenvalue weighted by Crippen LogP contribution is -2.06. The Labute approximate surface area is 133 Å². The molecule has 0 spiro atoms. The molecule has 0 bridgehead atoms. The maximum atomic E-state index is 11.3. The van der Waals surface area contributed by atoms with Gasteiger partial charge in [-0.1, -0.05) is 72.0 Å². The summed E-state index contributed by atoms with van der Waals surface area (Å²) in [5.74, 6) is -1.09. The standard InChI is InChI=1S/C18H15N3O2/c22-18(23)17-16(12-11-14-7-3-1-4-8-14)21(20-19-17)13-15-9-5-2-6-10-15/h1-12H,13H2,(H,22,23)/b12-11+. The molecule has 0 fully saturated rings. The molecule has 5 heteroatoms. The molecule has 2 aromatic carbocycles. The van der Waals surface area contributed by atoms with Crippen molar-refractivity contribution < 1.29 is 9.90 Å². The van der Waals surface area contributed by atoms with Crippen molar-refractivity contribution >= 4 is 18.1 Å². The van der Waals surface area contributed by atoms with E-state index < -0.39 is 5.97 Å². The highest BCUT2D eigenvalue weighted by atomic mass is 16.4. The van der Waals surface area contributed by atoms with E-state index in [-0.39, 0.29) is 5.69 Å². The lowest BCUT2D eigenvalue weighted by Gasteiger charge is -2.04. The number of carboxylic acid groups (broad SMARTS) is 1. The maximum absolute atomic E-state index is 11.3. The molecule has 0 radical (unpaired) electrons. The SMILES string of the molecule is O=C(O)c1nnn(Cc2ccccc2)c1/C=C/c1ccccc1. The number of aromatic carboxylic acids is 1. The van der Waals surface area contributed by atoms with Crippen LogP contribution in [0.3, 0.4) is 0 Å². The Balaban J connectivity index is 1.94. The molecule has 0 unspecified atom stereocenters. The van der Waals surface area contributed by atoms with E-state index in [1.165, 1.54) is 0 Å². The van der Waals surface area contributed by atoms with E-state index in [0.717, 1.165) is 11.1 Å². The number of aromatic nitrogens is 3. The van der Waals surface area contributed by atoms with Gasteiger partial charge < -0.3 is 5.11 Å². The van der Waals surface area contributed by atoms with Gasteiger partial charge in [0.15, 0.2) is 5.69 Å². The fraction of sp³-hybridized carbons (Fsp3) is 0.0556. The molecular formula is C18H15N3O2. The van der Waals surface area contributed by atoms with Crippen LogP contribution in [0.5, 0.6) is 0 Å². The summed E-state index contributed by atoms with van der Waals surface area (Å²) < 4.78 is 1.60. The summed E-state index contributed by atoms with van der Waals surface area (Å²) in [6, 6.07) is 19.4. The molecule has 0 aliphatic carbocycles. The van der Waals surface area contributed by atoms with Gasteiger partial charge in [-0.25, -0.2) is 9.48 Å². The molecule has 5 nitrogen and oxygen atoms in total. The van der Waals surface area contributed by atoms with Gasteiger partial charge in [-0.3, -0.25) is 0 Å². The highest BCUT2D eigenvalue weighted by Gasteiger charge is 2.16. The van der Waals surface area contributed by atoms with E-state index in [9.17, 15) is 9.90 Å². The third kappa shape index (κ3) is 3.52. The first-order valence-corrected chi connectivity index (χ1v) is 7.18. The number of hydrogen-bond acceptors (Lipinski definition) is 3. The first kappa shape index (κ1) is 14.7. The number of hydrogen-bond donors (Lipinski definition) is 1. The number of carboxylic acids is 1. The highest BCUT2D eigenvalue weighted by molar-refractivity contribution is 5.90. The van der Waals surface area contributed by atoms with E-state index in [1.807, 2.05) is 66.7 Å². The molecule has 23 heavy (non-hydrogen) atoms. The second-order valence-electron chi connectivity index (χ2n) is 5.02. The van der Waals surface area contributed by atoms with Gasteiger partial charge in [0.1, 0.15) is 0 Å². The third-order valence-electron chi connectivity index (χ3n) is 3.38. The van der Waals surface area contributed by atoms with Crippen molar-refractivity contribution in [2.24, 2.45) is 0 Å². The normalized spacial score (nSPS) is 11.0. The summed E-state index contributed by atoms with van der Waals surface area (Å²) >= 11 is 0. The quantitative estimate of drug-likeness (QED) is 0.786. The molecular weight excluding hydrogens is 290 g/mol. The number of carbonyl (C=O) groups is 1. The van der Waals surface area contributed by atoms with Gasteiger partial charge in [-0.2, -0.15) is 0 Å². The predicted octanol–water partition coefficient (Wildman–Crippen LogP) is 3.20. The lowest BCUT2D eigenvalue weighted by atomic mass is 10.2. The van der Waals surface area contributed by atoms with E-state index in [4.69, 9.17) is 0 Å². The van der Waals surface area contributed by atoms with Crippen LogP contribution < -0.4 is 0 Å². The summed E-state index contributed by atoms with van der Waals surface area (Å²) in [4.78, 5) is 11.3. The van der Waals surface area contributed by atoms with Crippen molar-refractivity contribution in [1.29, 1.82) is 0 Å². The van der Waals surface area contributed by atoms with Crippen molar-refractivity contribution in [1.82, 2.24) is 15.0 Å². The van der Waals surface area contributed by atoms with Gasteiger partial charge in [0.25, 0.3) is 0 Å². The summed E-state index contributed by atoms with van der Waals surface area (Å²) in [7, 11) is 0. The Morgan fingerprint density at radius 1 is 1.00 bits per heavy atom. The zero-order valence-electron chi connectivity index (χ0n) is 12.3. The number of benzene rings is 2. The minimum atomic E-state index is -1.09. The van der Waals surface area contributed by atoms with Crippen molar-refractivity contribution in [2.45, 2.75) is 6.54 Å². The summed E-state index contributed by atoms with van der Waals surface area (Å²) in [5, 5.41) is 17.1. The van der Waals surface area contributed by atoms with Crippen molar-refractivity contribution in [3.63, 3.8) is 0 Å². The molecule has 0 aliphatic rings. The van der Waals surface area contributed by atoms with Crippen molar-refractivity contribution in [2.75, 3.05) is 0 Å².